The summed E-state index contributed by atoms with van der Waals surface area (Å²) in [6, 6.07) is 1.57. The van der Waals surface area contributed by atoms with Crippen molar-refractivity contribution < 1.29 is 14.6 Å². The molecule has 19 heavy (non-hydrogen) atoms. The maximum atomic E-state index is 10.4. The smallest absolute Gasteiger partial charge is 0.382 e. The molecular formula is C13H15N3O3. The number of carboxylic acids is 1. The lowest BCUT2D eigenvalue weighted by Crippen LogP contribution is -2.34. The SMILES string of the molecule is Cc1nc(C#CC(=O)O)cc(OC2CCNCC2)n1. The summed E-state index contributed by atoms with van der Waals surface area (Å²) in [5.74, 6) is 4.28. The molecule has 1 aliphatic heterocycles. The molecule has 2 heterocycles. The third kappa shape index (κ3) is 4.23. The first-order valence-electron chi connectivity index (χ1n) is 6.11. The van der Waals surface area contributed by atoms with Crippen LogP contribution in [0, 0.1) is 18.8 Å². The second-order valence-electron chi connectivity index (χ2n) is 4.26. The van der Waals surface area contributed by atoms with Crippen LogP contribution in [-0.2, 0) is 4.79 Å². The molecule has 0 atom stereocenters. The lowest BCUT2D eigenvalue weighted by atomic mass is 10.1. The maximum Gasteiger partial charge on any atom is 0.382 e. The third-order valence-electron chi connectivity index (χ3n) is 2.69. The second-order valence-corrected chi connectivity index (χ2v) is 4.26. The van der Waals surface area contributed by atoms with Crippen LogP contribution in [0.5, 0.6) is 5.88 Å². The molecule has 2 rings (SSSR count). The van der Waals surface area contributed by atoms with Crippen LogP contribution in [0.2, 0.25) is 0 Å². The molecule has 100 valence electrons. The van der Waals surface area contributed by atoms with Crippen molar-refractivity contribution in [1.82, 2.24) is 15.3 Å². The monoisotopic (exact) mass is 261 g/mol. The van der Waals surface area contributed by atoms with Gasteiger partial charge in [-0.3, -0.25) is 0 Å². The Bertz CT molecular complexity index is 528. The van der Waals surface area contributed by atoms with E-state index in [-0.39, 0.29) is 6.10 Å². The molecule has 6 nitrogen and oxygen atoms in total. The summed E-state index contributed by atoms with van der Waals surface area (Å²) in [5.41, 5.74) is 0.360. The zero-order valence-electron chi connectivity index (χ0n) is 10.6. The fourth-order valence-corrected chi connectivity index (χ4v) is 1.87. The predicted octanol–water partition coefficient (Wildman–Crippen LogP) is 0.352. The molecule has 1 fully saturated rings. The van der Waals surface area contributed by atoms with Crippen LogP contribution in [0.1, 0.15) is 24.4 Å². The van der Waals surface area contributed by atoms with E-state index in [1.807, 2.05) is 5.92 Å². The zero-order chi connectivity index (χ0) is 13.7. The average molecular weight is 261 g/mol. The number of aryl methyl sites for hydroxylation is 1. The van der Waals surface area contributed by atoms with Crippen molar-refractivity contribution >= 4 is 5.97 Å². The van der Waals surface area contributed by atoms with Crippen LogP contribution in [-0.4, -0.2) is 40.2 Å². The highest BCUT2D eigenvalue weighted by molar-refractivity contribution is 5.87. The summed E-state index contributed by atoms with van der Waals surface area (Å²) in [4.78, 5) is 18.6. The fourth-order valence-electron chi connectivity index (χ4n) is 1.87. The lowest BCUT2D eigenvalue weighted by molar-refractivity contribution is -0.130. The van der Waals surface area contributed by atoms with Crippen molar-refractivity contribution in [3.8, 4) is 17.7 Å². The number of hydrogen-bond donors (Lipinski definition) is 2. The van der Waals surface area contributed by atoms with E-state index in [4.69, 9.17) is 9.84 Å². The van der Waals surface area contributed by atoms with Crippen LogP contribution in [0.3, 0.4) is 0 Å². The Hall–Kier alpha value is -2.13. The Kier molecular flexibility index (Phi) is 4.31. The summed E-state index contributed by atoms with van der Waals surface area (Å²) in [7, 11) is 0. The Labute approximate surface area is 111 Å². The zero-order valence-corrected chi connectivity index (χ0v) is 10.6. The number of hydrogen-bond acceptors (Lipinski definition) is 5. The molecule has 0 saturated carbocycles. The van der Waals surface area contributed by atoms with E-state index in [1.165, 1.54) is 0 Å². The molecule has 1 aliphatic rings. The molecule has 0 amide bonds. The van der Waals surface area contributed by atoms with Gasteiger partial charge in [0.2, 0.25) is 5.88 Å². The van der Waals surface area contributed by atoms with Gasteiger partial charge in [-0.2, -0.15) is 4.98 Å². The minimum atomic E-state index is -1.18. The molecule has 2 N–H and O–H groups in total. The molecular weight excluding hydrogens is 246 g/mol. The van der Waals surface area contributed by atoms with E-state index in [1.54, 1.807) is 13.0 Å². The van der Waals surface area contributed by atoms with E-state index in [2.05, 4.69) is 21.2 Å². The highest BCUT2D eigenvalue weighted by Crippen LogP contribution is 2.15. The van der Waals surface area contributed by atoms with Crippen LogP contribution < -0.4 is 10.1 Å². The van der Waals surface area contributed by atoms with Gasteiger partial charge in [-0.05, 0) is 38.8 Å². The van der Waals surface area contributed by atoms with Gasteiger partial charge in [0.1, 0.15) is 17.6 Å². The van der Waals surface area contributed by atoms with Crippen molar-refractivity contribution in [2.75, 3.05) is 13.1 Å². The minimum absolute atomic E-state index is 0.135. The first kappa shape index (κ1) is 13.3. The quantitative estimate of drug-likeness (QED) is 0.747. The Morgan fingerprint density at radius 2 is 2.21 bits per heavy atom. The third-order valence-corrected chi connectivity index (χ3v) is 2.69. The summed E-state index contributed by atoms with van der Waals surface area (Å²) in [6.45, 7) is 3.59. The van der Waals surface area contributed by atoms with Crippen LogP contribution in [0.25, 0.3) is 0 Å². The van der Waals surface area contributed by atoms with Crippen molar-refractivity contribution in [2.45, 2.75) is 25.9 Å². The topological polar surface area (TPSA) is 84.3 Å². The summed E-state index contributed by atoms with van der Waals surface area (Å²) in [5, 5.41) is 11.8. The summed E-state index contributed by atoms with van der Waals surface area (Å²) in [6.07, 6.45) is 1.99. The summed E-state index contributed by atoms with van der Waals surface area (Å²) >= 11 is 0. The van der Waals surface area contributed by atoms with Gasteiger partial charge in [0, 0.05) is 12.0 Å². The highest BCUT2D eigenvalue weighted by atomic mass is 16.5. The van der Waals surface area contributed by atoms with Gasteiger partial charge in [-0.15, -0.1) is 0 Å². The molecule has 0 unspecified atom stereocenters. The van der Waals surface area contributed by atoms with Crippen LogP contribution in [0.15, 0.2) is 6.07 Å². The Balaban J connectivity index is 2.12. The molecule has 1 saturated heterocycles. The van der Waals surface area contributed by atoms with E-state index in [9.17, 15) is 4.79 Å². The van der Waals surface area contributed by atoms with E-state index in [0.29, 0.717) is 17.4 Å². The molecule has 1 aromatic heterocycles. The van der Waals surface area contributed by atoms with Gasteiger partial charge in [-0.25, -0.2) is 9.78 Å². The molecule has 0 aromatic carbocycles. The number of aromatic nitrogens is 2. The normalized spacial score (nSPS) is 15.4. The van der Waals surface area contributed by atoms with Crippen molar-refractivity contribution in [1.29, 1.82) is 0 Å². The largest absolute Gasteiger partial charge is 0.474 e. The van der Waals surface area contributed by atoms with E-state index >= 15 is 0 Å². The molecule has 0 bridgehead atoms. The van der Waals surface area contributed by atoms with E-state index in [0.717, 1.165) is 25.9 Å². The lowest BCUT2D eigenvalue weighted by Gasteiger charge is -2.23. The highest BCUT2D eigenvalue weighted by Gasteiger charge is 2.15. The van der Waals surface area contributed by atoms with Gasteiger partial charge in [0.15, 0.2) is 0 Å². The van der Waals surface area contributed by atoms with Gasteiger partial charge in [0.05, 0.1) is 0 Å². The van der Waals surface area contributed by atoms with Gasteiger partial charge < -0.3 is 15.2 Å². The number of nitrogens with one attached hydrogen (secondary N) is 1. The predicted molar refractivity (Wildman–Crippen MR) is 67.8 cm³/mol. The number of aliphatic carboxylic acids is 1. The standard InChI is InChI=1S/C13H15N3O3/c1-9-15-10(2-3-13(17)18)8-12(16-9)19-11-4-6-14-7-5-11/h8,11,14H,4-7H2,1H3,(H,17,18). The maximum absolute atomic E-state index is 10.4. The van der Waals surface area contributed by atoms with Gasteiger partial charge in [-0.1, -0.05) is 0 Å². The summed E-state index contributed by atoms with van der Waals surface area (Å²) < 4.78 is 5.78. The van der Waals surface area contributed by atoms with Crippen molar-refractivity contribution in [2.24, 2.45) is 0 Å². The number of rotatable bonds is 2. The fraction of sp³-hybridized carbons (Fsp3) is 0.462. The number of carbonyl (C=O) groups is 1. The van der Waals surface area contributed by atoms with Crippen LogP contribution >= 0.6 is 0 Å². The number of piperidine rings is 1. The molecule has 0 radical (unpaired) electrons. The first-order chi connectivity index (χ1) is 9.13. The molecule has 0 aliphatic carbocycles. The Morgan fingerprint density at radius 3 is 2.89 bits per heavy atom. The van der Waals surface area contributed by atoms with E-state index < -0.39 is 5.97 Å². The van der Waals surface area contributed by atoms with Crippen LogP contribution in [0.4, 0.5) is 0 Å². The number of carboxylic acid groups (broad SMARTS) is 1. The number of nitrogens with zero attached hydrogens (tertiary/aromatic N) is 2. The first-order valence-corrected chi connectivity index (χ1v) is 6.11. The van der Waals surface area contributed by atoms with Gasteiger partial charge in [0.25, 0.3) is 0 Å². The second kappa shape index (κ2) is 6.16. The molecule has 6 heteroatoms. The molecule has 1 aromatic rings. The molecule has 0 spiro atoms. The minimum Gasteiger partial charge on any atom is -0.474 e. The van der Waals surface area contributed by atoms with Gasteiger partial charge >= 0.3 is 5.97 Å². The number of ether oxygens (including phenoxy) is 1. The van der Waals surface area contributed by atoms with Crippen molar-refractivity contribution in [3.05, 3.63) is 17.6 Å². The Morgan fingerprint density at radius 1 is 1.47 bits per heavy atom. The van der Waals surface area contributed by atoms with Crippen molar-refractivity contribution in [3.63, 3.8) is 0 Å². The average Bonchev–Trinajstić information content (AvgIpc) is 2.37.